The Morgan fingerprint density at radius 1 is 0.710 bits per heavy atom. The Morgan fingerprint density at radius 2 is 1.16 bits per heavy atom. The van der Waals surface area contributed by atoms with Gasteiger partial charge in [0, 0.05) is 0 Å². The Balaban J connectivity index is 2.73. The van der Waals surface area contributed by atoms with Crippen molar-refractivity contribution in [3.8, 4) is 5.75 Å². The fourth-order valence-electron chi connectivity index (χ4n) is 3.90. The molecule has 3 N–H and O–H groups in total. The van der Waals surface area contributed by atoms with Gasteiger partial charge in [0.05, 0.1) is 25.2 Å². The standard InChI is InChI=1S/C27H40O4/c1-7-25(3,4)21-14-10-9-13-20(21)24(27(17-28,18-29)19-30)31-23-16-12-11-15-22(23)26(5,6)8-2/h9-16,24,28-30H,7-8,17-19H2,1-6H3. The molecule has 2 aromatic carbocycles. The van der Waals surface area contributed by atoms with Crippen LogP contribution in [0.4, 0.5) is 0 Å². The largest absolute Gasteiger partial charge is 0.485 e. The SMILES string of the molecule is CCC(C)(C)c1ccccc1OC(c1ccccc1C(C)(C)CC)C(CO)(CO)CO. The van der Waals surface area contributed by atoms with Gasteiger partial charge in [-0.3, -0.25) is 0 Å². The molecule has 0 bridgehead atoms. The maximum Gasteiger partial charge on any atom is 0.136 e. The van der Waals surface area contributed by atoms with Crippen LogP contribution in [0.15, 0.2) is 48.5 Å². The van der Waals surface area contributed by atoms with Crippen molar-refractivity contribution >= 4 is 0 Å². The van der Waals surface area contributed by atoms with Crippen LogP contribution in [0.25, 0.3) is 0 Å². The summed E-state index contributed by atoms with van der Waals surface area (Å²) in [6, 6.07) is 15.9. The van der Waals surface area contributed by atoms with E-state index in [1.807, 2.05) is 36.4 Å². The van der Waals surface area contributed by atoms with Gasteiger partial charge in [0.15, 0.2) is 0 Å². The van der Waals surface area contributed by atoms with E-state index in [9.17, 15) is 15.3 Å². The van der Waals surface area contributed by atoms with E-state index in [0.29, 0.717) is 5.75 Å². The molecule has 0 spiro atoms. The average Bonchev–Trinajstić information content (AvgIpc) is 2.80. The third kappa shape index (κ3) is 5.14. The van der Waals surface area contributed by atoms with Gasteiger partial charge in [-0.25, -0.2) is 0 Å². The zero-order valence-electron chi connectivity index (χ0n) is 20.0. The van der Waals surface area contributed by atoms with Gasteiger partial charge >= 0.3 is 0 Å². The van der Waals surface area contributed by atoms with Crippen molar-refractivity contribution in [3.05, 3.63) is 65.2 Å². The van der Waals surface area contributed by atoms with Gasteiger partial charge in [0.25, 0.3) is 0 Å². The average molecular weight is 429 g/mol. The normalized spacial score (nSPS) is 13.8. The maximum absolute atomic E-state index is 10.3. The number of rotatable bonds is 11. The number of hydrogen-bond donors (Lipinski definition) is 3. The van der Waals surface area contributed by atoms with E-state index >= 15 is 0 Å². The minimum Gasteiger partial charge on any atom is -0.485 e. The summed E-state index contributed by atoms with van der Waals surface area (Å²) in [6.45, 7) is 11.8. The summed E-state index contributed by atoms with van der Waals surface area (Å²) in [4.78, 5) is 0. The van der Waals surface area contributed by atoms with Crippen LogP contribution in [-0.4, -0.2) is 35.1 Å². The first kappa shape index (κ1) is 25.4. The lowest BCUT2D eigenvalue weighted by molar-refractivity contribution is -0.0752. The van der Waals surface area contributed by atoms with Crippen LogP contribution in [0.2, 0.25) is 0 Å². The van der Waals surface area contributed by atoms with Gasteiger partial charge in [0.2, 0.25) is 0 Å². The van der Waals surface area contributed by atoms with Gasteiger partial charge in [-0.05, 0) is 46.4 Å². The van der Waals surface area contributed by atoms with Crippen LogP contribution in [0, 0.1) is 5.41 Å². The zero-order valence-corrected chi connectivity index (χ0v) is 20.0. The Morgan fingerprint density at radius 3 is 1.68 bits per heavy atom. The topological polar surface area (TPSA) is 69.9 Å². The summed E-state index contributed by atoms with van der Waals surface area (Å²) >= 11 is 0. The maximum atomic E-state index is 10.3. The first-order chi connectivity index (χ1) is 14.6. The highest BCUT2D eigenvalue weighted by atomic mass is 16.5. The molecule has 2 aromatic rings. The fourth-order valence-corrected chi connectivity index (χ4v) is 3.90. The first-order valence-electron chi connectivity index (χ1n) is 11.3. The van der Waals surface area contributed by atoms with Gasteiger partial charge in [-0.15, -0.1) is 0 Å². The zero-order chi connectivity index (χ0) is 23.3. The monoisotopic (exact) mass is 428 g/mol. The fraction of sp³-hybridized carbons (Fsp3) is 0.556. The molecule has 0 radical (unpaired) electrons. The molecule has 4 nitrogen and oxygen atoms in total. The van der Waals surface area contributed by atoms with Crippen molar-refractivity contribution in [2.24, 2.45) is 5.41 Å². The molecule has 0 saturated heterocycles. The summed E-state index contributed by atoms with van der Waals surface area (Å²) in [5, 5.41) is 30.9. The highest BCUT2D eigenvalue weighted by Gasteiger charge is 2.43. The van der Waals surface area contributed by atoms with Crippen molar-refractivity contribution < 1.29 is 20.1 Å². The quantitative estimate of drug-likeness (QED) is 0.463. The lowest BCUT2D eigenvalue weighted by Crippen LogP contribution is -2.43. The summed E-state index contributed by atoms with van der Waals surface area (Å²) < 4.78 is 6.66. The predicted octanol–water partition coefficient (Wildman–Crippen LogP) is 5.15. The highest BCUT2D eigenvalue weighted by molar-refractivity contribution is 5.41. The Labute approximate surface area is 187 Å². The van der Waals surface area contributed by atoms with E-state index < -0.39 is 31.3 Å². The molecule has 1 unspecified atom stereocenters. The van der Waals surface area contributed by atoms with E-state index in [1.54, 1.807) is 0 Å². The molecule has 2 rings (SSSR count). The van der Waals surface area contributed by atoms with Gasteiger partial charge in [0.1, 0.15) is 11.9 Å². The number of benzene rings is 2. The van der Waals surface area contributed by atoms with E-state index in [2.05, 4.69) is 53.7 Å². The summed E-state index contributed by atoms with van der Waals surface area (Å²) in [6.07, 6.45) is 1.13. The molecular weight excluding hydrogens is 388 g/mol. The van der Waals surface area contributed by atoms with Gasteiger partial charge in [-0.1, -0.05) is 84.0 Å². The lowest BCUT2D eigenvalue weighted by atomic mass is 9.73. The molecule has 0 heterocycles. The van der Waals surface area contributed by atoms with Crippen LogP contribution in [-0.2, 0) is 10.8 Å². The number of para-hydroxylation sites is 1. The molecule has 4 heteroatoms. The number of ether oxygens (including phenoxy) is 1. The van der Waals surface area contributed by atoms with Crippen LogP contribution < -0.4 is 4.74 Å². The minimum atomic E-state index is -1.23. The third-order valence-corrected chi connectivity index (χ3v) is 7.10. The molecule has 0 fully saturated rings. The van der Waals surface area contributed by atoms with Crippen LogP contribution in [0.1, 0.15) is 77.2 Å². The Hall–Kier alpha value is -1.88. The number of aliphatic hydroxyl groups excluding tert-OH is 3. The molecule has 0 aromatic heterocycles. The third-order valence-electron chi connectivity index (χ3n) is 7.10. The molecule has 0 aliphatic carbocycles. The lowest BCUT2D eigenvalue weighted by Gasteiger charge is -2.40. The molecule has 31 heavy (non-hydrogen) atoms. The number of aliphatic hydroxyl groups is 3. The summed E-state index contributed by atoms with van der Waals surface area (Å²) in [5.74, 6) is 0.711. The van der Waals surface area contributed by atoms with Crippen LogP contribution in [0.5, 0.6) is 5.75 Å². The Bertz CT molecular complexity index is 828. The molecule has 0 amide bonds. The minimum absolute atomic E-state index is 0.107. The predicted molar refractivity (Wildman–Crippen MR) is 127 cm³/mol. The molecule has 1 atom stereocenters. The second kappa shape index (κ2) is 10.2. The Kier molecular flexibility index (Phi) is 8.32. The molecule has 0 aliphatic rings. The van der Waals surface area contributed by atoms with E-state index in [1.165, 1.54) is 0 Å². The molecular formula is C27H40O4. The van der Waals surface area contributed by atoms with E-state index in [0.717, 1.165) is 29.5 Å². The van der Waals surface area contributed by atoms with Crippen molar-refractivity contribution in [2.45, 2.75) is 71.3 Å². The molecule has 0 aliphatic heterocycles. The summed E-state index contributed by atoms with van der Waals surface area (Å²) in [7, 11) is 0. The van der Waals surface area contributed by atoms with E-state index in [-0.39, 0.29) is 10.8 Å². The van der Waals surface area contributed by atoms with Crippen LogP contribution in [0.3, 0.4) is 0 Å². The molecule has 172 valence electrons. The second-order valence-electron chi connectivity index (χ2n) is 9.89. The molecule has 0 saturated carbocycles. The smallest absolute Gasteiger partial charge is 0.136 e. The number of hydrogen-bond acceptors (Lipinski definition) is 4. The van der Waals surface area contributed by atoms with Crippen molar-refractivity contribution in [1.82, 2.24) is 0 Å². The second-order valence-corrected chi connectivity index (χ2v) is 9.89. The highest BCUT2D eigenvalue weighted by Crippen LogP contribution is 2.44. The first-order valence-corrected chi connectivity index (χ1v) is 11.3. The van der Waals surface area contributed by atoms with Crippen molar-refractivity contribution in [1.29, 1.82) is 0 Å². The van der Waals surface area contributed by atoms with Crippen LogP contribution >= 0.6 is 0 Å². The van der Waals surface area contributed by atoms with Crippen molar-refractivity contribution in [2.75, 3.05) is 19.8 Å². The van der Waals surface area contributed by atoms with Gasteiger partial charge < -0.3 is 20.1 Å². The van der Waals surface area contributed by atoms with Gasteiger partial charge in [-0.2, -0.15) is 0 Å². The van der Waals surface area contributed by atoms with E-state index in [4.69, 9.17) is 4.74 Å². The van der Waals surface area contributed by atoms with Crippen molar-refractivity contribution in [3.63, 3.8) is 0 Å². The summed E-state index contributed by atoms with van der Waals surface area (Å²) in [5.41, 5.74) is 1.57.